The number of hydrogen-bond acceptors (Lipinski definition) is 3. The lowest BCUT2D eigenvalue weighted by Crippen LogP contribution is -2.40. The third-order valence-corrected chi connectivity index (χ3v) is 4.89. The molecule has 126 valence electrons. The van der Waals surface area contributed by atoms with Crippen molar-refractivity contribution in [3.05, 3.63) is 46.6 Å². The molecular formula is C19H23ClN4. The van der Waals surface area contributed by atoms with Gasteiger partial charge < -0.3 is 15.2 Å². The van der Waals surface area contributed by atoms with Gasteiger partial charge in [0.1, 0.15) is 17.6 Å². The van der Waals surface area contributed by atoms with Crippen LogP contribution in [0, 0.1) is 23.2 Å². The second kappa shape index (κ2) is 6.78. The van der Waals surface area contributed by atoms with Gasteiger partial charge in [0.25, 0.3) is 0 Å². The maximum atomic E-state index is 9.51. The Labute approximate surface area is 148 Å². The fourth-order valence-corrected chi connectivity index (χ4v) is 3.90. The fourth-order valence-electron chi connectivity index (χ4n) is 3.77. The zero-order valence-electron chi connectivity index (χ0n) is 14.2. The lowest BCUT2D eigenvalue weighted by atomic mass is 9.92. The van der Waals surface area contributed by atoms with E-state index in [1.165, 1.54) is 6.42 Å². The normalized spacial score (nSPS) is 20.8. The first-order valence-electron chi connectivity index (χ1n) is 8.36. The van der Waals surface area contributed by atoms with Crippen LogP contribution in [0.5, 0.6) is 0 Å². The van der Waals surface area contributed by atoms with E-state index in [1.54, 1.807) is 6.07 Å². The van der Waals surface area contributed by atoms with Crippen molar-refractivity contribution in [1.29, 1.82) is 5.26 Å². The van der Waals surface area contributed by atoms with E-state index in [0.29, 0.717) is 34.8 Å². The Bertz CT molecular complexity index is 747. The number of nitrogen functional groups attached to an aromatic ring is 1. The van der Waals surface area contributed by atoms with Crippen LogP contribution in [-0.4, -0.2) is 17.7 Å². The zero-order valence-corrected chi connectivity index (χ0v) is 14.9. The topological polar surface area (TPSA) is 58.0 Å². The Kier molecular flexibility index (Phi) is 4.73. The summed E-state index contributed by atoms with van der Waals surface area (Å²) < 4.78 is 2.03. The molecule has 0 radical (unpaired) electrons. The molecule has 0 saturated carbocycles. The summed E-state index contributed by atoms with van der Waals surface area (Å²) >= 11 is 5.98. The molecule has 4 nitrogen and oxygen atoms in total. The van der Waals surface area contributed by atoms with Gasteiger partial charge in [-0.1, -0.05) is 37.6 Å². The number of nitrogens with zero attached hydrogens (tertiary/aromatic N) is 3. The molecule has 0 aliphatic carbocycles. The van der Waals surface area contributed by atoms with Crippen molar-refractivity contribution in [3.8, 4) is 6.07 Å². The molecule has 0 unspecified atom stereocenters. The molecule has 0 bridgehead atoms. The summed E-state index contributed by atoms with van der Waals surface area (Å²) in [6.45, 7) is 7.12. The molecule has 1 aliphatic rings. The number of aromatic nitrogens is 1. The van der Waals surface area contributed by atoms with E-state index >= 15 is 0 Å². The molecule has 2 N–H and O–H groups in total. The third kappa shape index (κ3) is 3.37. The minimum Gasteiger partial charge on any atom is -0.396 e. The Hall–Kier alpha value is -2.12. The van der Waals surface area contributed by atoms with Crippen LogP contribution in [0.2, 0.25) is 5.02 Å². The molecule has 1 aromatic heterocycles. The summed E-state index contributed by atoms with van der Waals surface area (Å²) in [5, 5.41) is 10.2. The number of benzene rings is 1. The highest BCUT2D eigenvalue weighted by atomic mass is 35.5. The van der Waals surface area contributed by atoms with Crippen molar-refractivity contribution in [2.24, 2.45) is 11.8 Å². The number of halogens is 1. The van der Waals surface area contributed by atoms with E-state index in [0.717, 1.165) is 24.5 Å². The van der Waals surface area contributed by atoms with E-state index in [2.05, 4.69) is 24.8 Å². The largest absolute Gasteiger partial charge is 0.396 e. The number of anilines is 2. The van der Waals surface area contributed by atoms with E-state index in [1.807, 2.05) is 28.8 Å². The van der Waals surface area contributed by atoms with Crippen molar-refractivity contribution in [2.45, 2.75) is 26.8 Å². The predicted octanol–water partition coefficient (Wildman–Crippen LogP) is 4.13. The lowest BCUT2D eigenvalue weighted by molar-refractivity contribution is 0.353. The van der Waals surface area contributed by atoms with Crippen LogP contribution in [0.1, 0.15) is 31.5 Å². The van der Waals surface area contributed by atoms with Crippen LogP contribution < -0.4 is 10.6 Å². The van der Waals surface area contributed by atoms with Crippen molar-refractivity contribution >= 4 is 23.1 Å². The minimum absolute atomic E-state index is 0.600. The Morgan fingerprint density at radius 1 is 1.21 bits per heavy atom. The number of rotatable bonds is 3. The van der Waals surface area contributed by atoms with Crippen LogP contribution in [-0.2, 0) is 6.54 Å². The summed E-state index contributed by atoms with van der Waals surface area (Å²) in [6.07, 6.45) is 1.24. The molecule has 0 amide bonds. The molecule has 1 aliphatic heterocycles. The quantitative estimate of drug-likeness (QED) is 0.912. The SMILES string of the molecule is C[C@@H]1C[C@H](C)CN(c2c(N)cc(C#N)n2Cc2ccc(Cl)cc2)C1. The van der Waals surface area contributed by atoms with Crippen LogP contribution in [0.4, 0.5) is 11.5 Å². The van der Waals surface area contributed by atoms with Crippen molar-refractivity contribution in [1.82, 2.24) is 4.57 Å². The highest BCUT2D eigenvalue weighted by Crippen LogP contribution is 2.33. The molecule has 2 heterocycles. The van der Waals surface area contributed by atoms with Gasteiger partial charge in [0.05, 0.1) is 12.2 Å². The zero-order chi connectivity index (χ0) is 17.3. The smallest absolute Gasteiger partial charge is 0.133 e. The maximum Gasteiger partial charge on any atom is 0.133 e. The van der Waals surface area contributed by atoms with Crippen LogP contribution in [0.3, 0.4) is 0 Å². The Morgan fingerprint density at radius 3 is 2.42 bits per heavy atom. The van der Waals surface area contributed by atoms with Crippen molar-refractivity contribution in [3.63, 3.8) is 0 Å². The molecule has 1 aromatic carbocycles. The van der Waals surface area contributed by atoms with Gasteiger partial charge in [-0.05, 0) is 42.0 Å². The molecule has 2 atom stereocenters. The molecule has 5 heteroatoms. The van der Waals surface area contributed by atoms with Gasteiger partial charge in [-0.2, -0.15) is 5.26 Å². The minimum atomic E-state index is 0.600. The second-order valence-corrected chi connectivity index (χ2v) is 7.42. The first kappa shape index (κ1) is 16.7. The fraction of sp³-hybridized carbons (Fsp3) is 0.421. The monoisotopic (exact) mass is 342 g/mol. The molecule has 2 aromatic rings. The number of nitrogens with two attached hydrogens (primary N) is 1. The Balaban J connectivity index is 1.98. The summed E-state index contributed by atoms with van der Waals surface area (Å²) in [5.41, 5.74) is 8.67. The number of piperidine rings is 1. The van der Waals surface area contributed by atoms with Gasteiger partial charge in [-0.25, -0.2) is 0 Å². The van der Waals surface area contributed by atoms with E-state index in [-0.39, 0.29) is 0 Å². The second-order valence-electron chi connectivity index (χ2n) is 6.98. The van der Waals surface area contributed by atoms with Gasteiger partial charge in [0, 0.05) is 18.1 Å². The summed E-state index contributed by atoms with van der Waals surface area (Å²) in [4.78, 5) is 2.34. The van der Waals surface area contributed by atoms with Crippen LogP contribution in [0.25, 0.3) is 0 Å². The average Bonchev–Trinajstić information content (AvgIpc) is 2.84. The summed E-state index contributed by atoms with van der Waals surface area (Å²) in [5.74, 6) is 2.22. The molecule has 1 fully saturated rings. The molecule has 3 rings (SSSR count). The van der Waals surface area contributed by atoms with Gasteiger partial charge in [0.2, 0.25) is 0 Å². The third-order valence-electron chi connectivity index (χ3n) is 4.63. The molecule has 0 spiro atoms. The lowest BCUT2D eigenvalue weighted by Gasteiger charge is -2.37. The standard InChI is InChI=1S/C19H23ClN4/c1-13-7-14(2)11-23(10-13)19-18(22)8-17(9-21)24(19)12-15-3-5-16(20)6-4-15/h3-6,8,13-14H,7,10-12,22H2,1-2H3/t13-,14+. The van der Waals surface area contributed by atoms with Crippen LogP contribution >= 0.6 is 11.6 Å². The van der Waals surface area contributed by atoms with Gasteiger partial charge in [0.15, 0.2) is 0 Å². The van der Waals surface area contributed by atoms with Crippen molar-refractivity contribution < 1.29 is 0 Å². The summed E-state index contributed by atoms with van der Waals surface area (Å²) in [6, 6.07) is 11.8. The number of hydrogen-bond donors (Lipinski definition) is 1. The molecule has 24 heavy (non-hydrogen) atoms. The summed E-state index contributed by atoms with van der Waals surface area (Å²) in [7, 11) is 0. The molecule has 1 saturated heterocycles. The van der Waals surface area contributed by atoms with E-state index in [4.69, 9.17) is 17.3 Å². The first-order valence-corrected chi connectivity index (χ1v) is 8.74. The highest BCUT2D eigenvalue weighted by Gasteiger charge is 2.26. The predicted molar refractivity (Wildman–Crippen MR) is 99.3 cm³/mol. The van der Waals surface area contributed by atoms with Gasteiger partial charge >= 0.3 is 0 Å². The van der Waals surface area contributed by atoms with Crippen molar-refractivity contribution in [2.75, 3.05) is 23.7 Å². The highest BCUT2D eigenvalue weighted by molar-refractivity contribution is 6.30. The average molecular weight is 343 g/mol. The maximum absolute atomic E-state index is 9.51. The van der Waals surface area contributed by atoms with E-state index < -0.39 is 0 Å². The van der Waals surface area contributed by atoms with E-state index in [9.17, 15) is 5.26 Å². The van der Waals surface area contributed by atoms with Gasteiger partial charge in [-0.3, -0.25) is 0 Å². The van der Waals surface area contributed by atoms with Gasteiger partial charge in [-0.15, -0.1) is 0 Å². The Morgan fingerprint density at radius 2 is 1.83 bits per heavy atom. The number of nitriles is 1. The van der Waals surface area contributed by atoms with Crippen LogP contribution in [0.15, 0.2) is 30.3 Å². The first-order chi connectivity index (χ1) is 11.5. The molecular weight excluding hydrogens is 320 g/mol.